The number of pyridine rings is 2. The summed E-state index contributed by atoms with van der Waals surface area (Å²) in [5.74, 6) is -0.172. The maximum Gasteiger partial charge on any atom is 0.270 e. The molecule has 0 saturated carbocycles. The summed E-state index contributed by atoms with van der Waals surface area (Å²) in [6, 6.07) is 7.17. The van der Waals surface area contributed by atoms with Gasteiger partial charge in [0.15, 0.2) is 0 Å². The van der Waals surface area contributed by atoms with Crippen LogP contribution in [0.5, 0.6) is 0 Å². The summed E-state index contributed by atoms with van der Waals surface area (Å²) in [6.45, 7) is 2.46. The van der Waals surface area contributed by atoms with Gasteiger partial charge in [0.2, 0.25) is 0 Å². The molecule has 86 valence electrons. The molecular formula is C13H13N3O. The zero-order valence-electron chi connectivity index (χ0n) is 9.55. The Kier molecular flexibility index (Phi) is 3.45. The summed E-state index contributed by atoms with van der Waals surface area (Å²) in [6.07, 6.45) is 5.09. The Balaban J connectivity index is 2.00. The minimum Gasteiger partial charge on any atom is -0.347 e. The molecule has 2 heterocycles. The van der Waals surface area contributed by atoms with Crippen molar-refractivity contribution in [1.29, 1.82) is 0 Å². The van der Waals surface area contributed by atoms with Crippen molar-refractivity contribution < 1.29 is 4.79 Å². The van der Waals surface area contributed by atoms with Crippen LogP contribution in [-0.2, 0) is 6.54 Å². The fourth-order valence-corrected chi connectivity index (χ4v) is 1.44. The molecule has 0 aliphatic carbocycles. The van der Waals surface area contributed by atoms with Gasteiger partial charge in [0.05, 0.1) is 0 Å². The van der Waals surface area contributed by atoms with Crippen molar-refractivity contribution in [3.63, 3.8) is 0 Å². The smallest absolute Gasteiger partial charge is 0.270 e. The quantitative estimate of drug-likeness (QED) is 0.868. The molecule has 1 amide bonds. The number of carbonyl (C=O) groups is 1. The number of carbonyl (C=O) groups excluding carboxylic acids is 1. The van der Waals surface area contributed by atoms with Crippen LogP contribution in [-0.4, -0.2) is 15.9 Å². The van der Waals surface area contributed by atoms with Gasteiger partial charge in [-0.1, -0.05) is 6.07 Å². The molecule has 0 atom stereocenters. The van der Waals surface area contributed by atoms with Gasteiger partial charge < -0.3 is 5.32 Å². The fourth-order valence-electron chi connectivity index (χ4n) is 1.44. The number of hydrogen-bond acceptors (Lipinski definition) is 3. The van der Waals surface area contributed by atoms with Gasteiger partial charge in [0, 0.05) is 25.1 Å². The zero-order chi connectivity index (χ0) is 12.1. The van der Waals surface area contributed by atoms with E-state index in [2.05, 4.69) is 15.3 Å². The van der Waals surface area contributed by atoms with Gasteiger partial charge in [-0.3, -0.25) is 14.8 Å². The third-order valence-electron chi connectivity index (χ3n) is 2.48. The van der Waals surface area contributed by atoms with E-state index in [0.717, 1.165) is 11.1 Å². The number of hydrogen-bond donors (Lipinski definition) is 1. The predicted octanol–water partition coefficient (Wildman–Crippen LogP) is 1.72. The minimum atomic E-state index is -0.172. The summed E-state index contributed by atoms with van der Waals surface area (Å²) < 4.78 is 0. The molecule has 0 aliphatic rings. The molecule has 2 aromatic rings. The molecule has 2 rings (SSSR count). The van der Waals surface area contributed by atoms with Crippen LogP contribution in [0.2, 0.25) is 0 Å². The van der Waals surface area contributed by atoms with Crippen molar-refractivity contribution in [3.05, 3.63) is 59.7 Å². The summed E-state index contributed by atoms with van der Waals surface area (Å²) in [5.41, 5.74) is 2.55. The molecule has 4 heteroatoms. The van der Waals surface area contributed by atoms with Crippen LogP contribution in [0, 0.1) is 6.92 Å². The molecule has 0 aromatic carbocycles. The van der Waals surface area contributed by atoms with Crippen molar-refractivity contribution in [2.45, 2.75) is 13.5 Å². The maximum absolute atomic E-state index is 11.7. The first-order valence-corrected chi connectivity index (χ1v) is 5.36. The van der Waals surface area contributed by atoms with E-state index in [-0.39, 0.29) is 5.91 Å². The number of nitrogens with one attached hydrogen (secondary N) is 1. The van der Waals surface area contributed by atoms with Crippen LogP contribution >= 0.6 is 0 Å². The highest BCUT2D eigenvalue weighted by molar-refractivity contribution is 5.92. The molecular weight excluding hydrogens is 214 g/mol. The Morgan fingerprint density at radius 3 is 2.88 bits per heavy atom. The van der Waals surface area contributed by atoms with E-state index < -0.39 is 0 Å². The molecule has 0 fully saturated rings. The van der Waals surface area contributed by atoms with Crippen molar-refractivity contribution in [2.75, 3.05) is 0 Å². The van der Waals surface area contributed by atoms with E-state index in [4.69, 9.17) is 0 Å². The fraction of sp³-hybridized carbons (Fsp3) is 0.154. The van der Waals surface area contributed by atoms with E-state index in [9.17, 15) is 4.79 Å². The molecule has 0 bridgehead atoms. The number of aromatic nitrogens is 2. The Hall–Kier alpha value is -2.23. The number of rotatable bonds is 3. The highest BCUT2D eigenvalue weighted by Gasteiger charge is 2.06. The second-order valence-electron chi connectivity index (χ2n) is 3.70. The first kappa shape index (κ1) is 11.3. The standard InChI is InChI=1S/C13H13N3O/c1-10-5-7-14-8-11(10)9-16-13(17)12-4-2-3-6-15-12/h2-8H,9H2,1H3,(H,16,17). The third-order valence-corrected chi connectivity index (χ3v) is 2.48. The lowest BCUT2D eigenvalue weighted by Gasteiger charge is -2.06. The third kappa shape index (κ3) is 2.87. The predicted molar refractivity (Wildman–Crippen MR) is 64.4 cm³/mol. The molecule has 0 aliphatic heterocycles. The summed E-state index contributed by atoms with van der Waals surface area (Å²) in [5, 5.41) is 2.81. The van der Waals surface area contributed by atoms with Gasteiger partial charge in [-0.25, -0.2) is 0 Å². The lowest BCUT2D eigenvalue weighted by molar-refractivity contribution is 0.0946. The Labute approximate surface area is 99.7 Å². The van der Waals surface area contributed by atoms with Gasteiger partial charge in [0.25, 0.3) is 5.91 Å². The average Bonchev–Trinajstić information content (AvgIpc) is 2.38. The second-order valence-corrected chi connectivity index (χ2v) is 3.70. The van der Waals surface area contributed by atoms with Gasteiger partial charge in [-0.05, 0) is 36.2 Å². The minimum absolute atomic E-state index is 0.172. The lowest BCUT2D eigenvalue weighted by atomic mass is 10.1. The highest BCUT2D eigenvalue weighted by Crippen LogP contribution is 2.04. The van der Waals surface area contributed by atoms with Gasteiger partial charge in [-0.2, -0.15) is 0 Å². The topological polar surface area (TPSA) is 54.9 Å². The van der Waals surface area contributed by atoms with Crippen molar-refractivity contribution >= 4 is 5.91 Å². The van der Waals surface area contributed by atoms with Crippen LogP contribution in [0.25, 0.3) is 0 Å². The number of aryl methyl sites for hydroxylation is 1. The molecule has 0 radical (unpaired) electrons. The van der Waals surface area contributed by atoms with Crippen LogP contribution in [0.15, 0.2) is 42.9 Å². The molecule has 1 N–H and O–H groups in total. The van der Waals surface area contributed by atoms with Gasteiger partial charge in [-0.15, -0.1) is 0 Å². The normalized spacial score (nSPS) is 9.94. The van der Waals surface area contributed by atoms with E-state index in [1.807, 2.05) is 13.0 Å². The number of nitrogens with zero attached hydrogens (tertiary/aromatic N) is 2. The monoisotopic (exact) mass is 227 g/mol. The van der Waals surface area contributed by atoms with Crippen molar-refractivity contribution in [1.82, 2.24) is 15.3 Å². The van der Waals surface area contributed by atoms with Crippen LogP contribution in [0.1, 0.15) is 21.6 Å². The molecule has 4 nitrogen and oxygen atoms in total. The maximum atomic E-state index is 11.7. The first-order valence-electron chi connectivity index (χ1n) is 5.36. The van der Waals surface area contributed by atoms with E-state index in [1.54, 1.807) is 36.8 Å². The lowest BCUT2D eigenvalue weighted by Crippen LogP contribution is -2.24. The first-order chi connectivity index (χ1) is 8.27. The SMILES string of the molecule is Cc1ccncc1CNC(=O)c1ccccn1. The molecule has 17 heavy (non-hydrogen) atoms. The molecule has 2 aromatic heterocycles. The van der Waals surface area contributed by atoms with Gasteiger partial charge >= 0.3 is 0 Å². The largest absolute Gasteiger partial charge is 0.347 e. The van der Waals surface area contributed by atoms with Crippen LogP contribution in [0.3, 0.4) is 0 Å². The molecule has 0 spiro atoms. The van der Waals surface area contributed by atoms with E-state index in [0.29, 0.717) is 12.2 Å². The molecule has 0 saturated heterocycles. The van der Waals surface area contributed by atoms with Crippen molar-refractivity contribution in [3.8, 4) is 0 Å². The number of amides is 1. The van der Waals surface area contributed by atoms with E-state index >= 15 is 0 Å². The average molecular weight is 227 g/mol. The Bertz CT molecular complexity index is 511. The zero-order valence-corrected chi connectivity index (χ0v) is 9.55. The molecule has 0 unspecified atom stereocenters. The van der Waals surface area contributed by atoms with Crippen LogP contribution < -0.4 is 5.32 Å². The summed E-state index contributed by atoms with van der Waals surface area (Å²) in [4.78, 5) is 19.8. The second kappa shape index (κ2) is 5.21. The van der Waals surface area contributed by atoms with Gasteiger partial charge in [0.1, 0.15) is 5.69 Å². The summed E-state index contributed by atoms with van der Waals surface area (Å²) >= 11 is 0. The highest BCUT2D eigenvalue weighted by atomic mass is 16.1. The van der Waals surface area contributed by atoms with Crippen LogP contribution in [0.4, 0.5) is 0 Å². The van der Waals surface area contributed by atoms with E-state index in [1.165, 1.54) is 0 Å². The van der Waals surface area contributed by atoms with Crippen molar-refractivity contribution in [2.24, 2.45) is 0 Å². The Morgan fingerprint density at radius 1 is 1.29 bits per heavy atom. The Morgan fingerprint density at radius 2 is 2.18 bits per heavy atom. The summed E-state index contributed by atoms with van der Waals surface area (Å²) in [7, 11) is 0.